The van der Waals surface area contributed by atoms with Crippen LogP contribution in [-0.2, 0) is 6.54 Å². The lowest BCUT2D eigenvalue weighted by molar-refractivity contribution is 0.248. The summed E-state index contributed by atoms with van der Waals surface area (Å²) < 4.78 is 0. The minimum atomic E-state index is 0.0439. The summed E-state index contributed by atoms with van der Waals surface area (Å²) in [7, 11) is 0. The summed E-state index contributed by atoms with van der Waals surface area (Å²) in [6.45, 7) is 3.88. The van der Waals surface area contributed by atoms with Gasteiger partial charge in [0.05, 0.1) is 0 Å². The average Bonchev–Trinajstić information content (AvgIpc) is 2.48. The summed E-state index contributed by atoms with van der Waals surface area (Å²) >= 11 is 6.20. The standard InChI is InChI=1S/C15H24ClN3O2/c1-2-3-11(6-7-20)9-18-10-13-5-4-12(8-14(13)16)15(17)19-21/h4-5,8,11,18,20-21H,2-3,6-7,9-10H2,1H3,(H2,17,19). The summed E-state index contributed by atoms with van der Waals surface area (Å²) in [6, 6.07) is 5.32. The molecule has 0 radical (unpaired) electrons. The van der Waals surface area contributed by atoms with Crippen LogP contribution in [0.1, 0.15) is 37.3 Å². The smallest absolute Gasteiger partial charge is 0.170 e. The molecule has 5 nitrogen and oxygen atoms in total. The fourth-order valence-electron chi connectivity index (χ4n) is 2.26. The first-order valence-electron chi connectivity index (χ1n) is 7.20. The lowest BCUT2D eigenvalue weighted by Gasteiger charge is -2.16. The molecular formula is C15H24ClN3O2. The van der Waals surface area contributed by atoms with Gasteiger partial charge in [-0.2, -0.15) is 0 Å². The van der Waals surface area contributed by atoms with Gasteiger partial charge in [-0.05, 0) is 36.9 Å². The maximum absolute atomic E-state index is 9.04. The van der Waals surface area contributed by atoms with Crippen LogP contribution in [0.4, 0.5) is 0 Å². The number of hydrogen-bond acceptors (Lipinski definition) is 4. The van der Waals surface area contributed by atoms with Crippen LogP contribution in [0.5, 0.6) is 0 Å². The highest BCUT2D eigenvalue weighted by atomic mass is 35.5. The molecule has 0 saturated carbocycles. The zero-order valence-electron chi connectivity index (χ0n) is 12.3. The summed E-state index contributed by atoms with van der Waals surface area (Å²) in [6.07, 6.45) is 3.03. The van der Waals surface area contributed by atoms with Crippen molar-refractivity contribution in [1.82, 2.24) is 5.32 Å². The minimum absolute atomic E-state index is 0.0439. The molecule has 1 rings (SSSR count). The summed E-state index contributed by atoms with van der Waals surface area (Å²) in [5, 5.41) is 24.6. The largest absolute Gasteiger partial charge is 0.409 e. The molecule has 0 bridgehead atoms. The molecule has 0 aliphatic carbocycles. The second-order valence-electron chi connectivity index (χ2n) is 5.09. The number of nitrogens with two attached hydrogens (primary N) is 1. The second-order valence-corrected chi connectivity index (χ2v) is 5.50. The maximum atomic E-state index is 9.04. The maximum Gasteiger partial charge on any atom is 0.170 e. The Labute approximate surface area is 130 Å². The number of nitrogens with zero attached hydrogens (tertiary/aromatic N) is 1. The highest BCUT2D eigenvalue weighted by molar-refractivity contribution is 6.31. The third-order valence-corrected chi connectivity index (χ3v) is 3.79. The van der Waals surface area contributed by atoms with E-state index < -0.39 is 0 Å². The molecule has 0 aliphatic rings. The van der Waals surface area contributed by atoms with Gasteiger partial charge in [-0.1, -0.05) is 42.2 Å². The lowest BCUT2D eigenvalue weighted by atomic mass is 10.00. The third kappa shape index (κ3) is 5.91. The number of nitrogens with one attached hydrogen (secondary N) is 1. The predicted molar refractivity (Wildman–Crippen MR) is 85.8 cm³/mol. The van der Waals surface area contributed by atoms with Crippen molar-refractivity contribution in [1.29, 1.82) is 0 Å². The molecule has 21 heavy (non-hydrogen) atoms. The quantitative estimate of drug-likeness (QED) is 0.244. The summed E-state index contributed by atoms with van der Waals surface area (Å²) in [5.74, 6) is 0.526. The molecule has 1 unspecified atom stereocenters. The zero-order chi connectivity index (χ0) is 15.7. The monoisotopic (exact) mass is 313 g/mol. The first kappa shape index (κ1) is 17.8. The topological polar surface area (TPSA) is 90.9 Å². The Balaban J connectivity index is 2.55. The van der Waals surface area contributed by atoms with Gasteiger partial charge in [0, 0.05) is 23.7 Å². The molecule has 0 aliphatic heterocycles. The number of rotatable bonds is 9. The van der Waals surface area contributed by atoms with Crippen molar-refractivity contribution < 1.29 is 10.3 Å². The number of aliphatic hydroxyl groups is 1. The number of benzene rings is 1. The molecule has 0 saturated heterocycles. The van der Waals surface area contributed by atoms with Gasteiger partial charge in [0.15, 0.2) is 5.84 Å². The van der Waals surface area contributed by atoms with Crippen LogP contribution in [0.3, 0.4) is 0 Å². The van der Waals surface area contributed by atoms with Crippen LogP contribution in [0.25, 0.3) is 0 Å². The van der Waals surface area contributed by atoms with E-state index in [1.54, 1.807) is 12.1 Å². The van der Waals surface area contributed by atoms with Gasteiger partial charge in [-0.15, -0.1) is 0 Å². The molecular weight excluding hydrogens is 290 g/mol. The normalized spacial score (nSPS) is 13.4. The Hall–Kier alpha value is -1.30. The number of halogens is 1. The van der Waals surface area contributed by atoms with Gasteiger partial charge in [0.1, 0.15) is 0 Å². The van der Waals surface area contributed by atoms with Crippen molar-refractivity contribution in [3.05, 3.63) is 34.3 Å². The van der Waals surface area contributed by atoms with Crippen LogP contribution in [0.2, 0.25) is 5.02 Å². The van der Waals surface area contributed by atoms with Crippen molar-refractivity contribution in [2.75, 3.05) is 13.2 Å². The molecule has 0 aromatic heterocycles. The first-order valence-corrected chi connectivity index (χ1v) is 7.58. The first-order chi connectivity index (χ1) is 10.1. The van der Waals surface area contributed by atoms with E-state index in [9.17, 15) is 0 Å². The lowest BCUT2D eigenvalue weighted by Crippen LogP contribution is -2.23. The molecule has 6 heteroatoms. The third-order valence-electron chi connectivity index (χ3n) is 3.44. The predicted octanol–water partition coefficient (Wildman–Crippen LogP) is 2.32. The van der Waals surface area contributed by atoms with E-state index in [1.807, 2.05) is 6.07 Å². The Kier molecular flexibility index (Phi) is 8.12. The van der Waals surface area contributed by atoms with Crippen LogP contribution in [-0.4, -0.2) is 29.3 Å². The zero-order valence-corrected chi connectivity index (χ0v) is 13.1. The second kappa shape index (κ2) is 9.60. The Morgan fingerprint density at radius 2 is 2.19 bits per heavy atom. The number of oxime groups is 1. The van der Waals surface area contributed by atoms with Crippen molar-refractivity contribution in [3.63, 3.8) is 0 Å². The summed E-state index contributed by atoms with van der Waals surface area (Å²) in [4.78, 5) is 0. The molecule has 0 fully saturated rings. The van der Waals surface area contributed by atoms with E-state index in [0.29, 0.717) is 23.0 Å². The van der Waals surface area contributed by atoms with Gasteiger partial charge < -0.3 is 21.4 Å². The Morgan fingerprint density at radius 1 is 1.43 bits per heavy atom. The van der Waals surface area contributed by atoms with E-state index in [2.05, 4.69) is 17.4 Å². The molecule has 0 heterocycles. The molecule has 0 amide bonds. The Morgan fingerprint density at radius 3 is 2.76 bits per heavy atom. The molecule has 118 valence electrons. The number of amidine groups is 1. The van der Waals surface area contributed by atoms with Crippen molar-refractivity contribution in [2.24, 2.45) is 16.8 Å². The van der Waals surface area contributed by atoms with E-state index in [4.69, 9.17) is 27.6 Å². The van der Waals surface area contributed by atoms with Gasteiger partial charge >= 0.3 is 0 Å². The SMILES string of the molecule is CCCC(CCO)CNCc1ccc(/C(N)=N/O)cc1Cl. The van der Waals surface area contributed by atoms with Gasteiger partial charge in [0.2, 0.25) is 0 Å². The van der Waals surface area contributed by atoms with Crippen molar-refractivity contribution >= 4 is 17.4 Å². The molecule has 1 atom stereocenters. The molecule has 1 aromatic carbocycles. The van der Waals surface area contributed by atoms with Gasteiger partial charge in [0.25, 0.3) is 0 Å². The van der Waals surface area contributed by atoms with Crippen LogP contribution in [0.15, 0.2) is 23.4 Å². The molecule has 0 spiro atoms. The van der Waals surface area contributed by atoms with E-state index in [0.717, 1.165) is 31.4 Å². The van der Waals surface area contributed by atoms with Crippen LogP contribution < -0.4 is 11.1 Å². The molecule has 5 N–H and O–H groups in total. The van der Waals surface area contributed by atoms with Gasteiger partial charge in [-0.3, -0.25) is 0 Å². The van der Waals surface area contributed by atoms with Crippen molar-refractivity contribution in [2.45, 2.75) is 32.7 Å². The number of hydrogen-bond donors (Lipinski definition) is 4. The van der Waals surface area contributed by atoms with Gasteiger partial charge in [-0.25, -0.2) is 0 Å². The Bertz CT molecular complexity index is 460. The van der Waals surface area contributed by atoms with Crippen molar-refractivity contribution in [3.8, 4) is 0 Å². The average molecular weight is 314 g/mol. The fraction of sp³-hybridized carbons (Fsp3) is 0.533. The molecule has 1 aromatic rings. The van der Waals surface area contributed by atoms with E-state index >= 15 is 0 Å². The highest BCUT2D eigenvalue weighted by Gasteiger charge is 2.08. The fourth-order valence-corrected chi connectivity index (χ4v) is 2.51. The summed E-state index contributed by atoms with van der Waals surface area (Å²) in [5.41, 5.74) is 7.08. The highest BCUT2D eigenvalue weighted by Crippen LogP contribution is 2.18. The minimum Gasteiger partial charge on any atom is -0.409 e. The van der Waals surface area contributed by atoms with E-state index in [1.165, 1.54) is 0 Å². The number of aliphatic hydroxyl groups excluding tert-OH is 1. The van der Waals surface area contributed by atoms with Crippen LogP contribution >= 0.6 is 11.6 Å². The van der Waals surface area contributed by atoms with Crippen LogP contribution in [0, 0.1) is 5.92 Å². The van der Waals surface area contributed by atoms with E-state index in [-0.39, 0.29) is 12.4 Å².